The van der Waals surface area contributed by atoms with Crippen LogP contribution >= 0.6 is 22.4 Å². The average molecular weight is 257 g/mol. The minimum atomic E-state index is 0. The topological polar surface area (TPSA) is 0 Å². The molecule has 0 spiro atoms. The molecule has 3 radical (unpaired) electrons. The zero-order valence-corrected chi connectivity index (χ0v) is 9.81. The largest absolute Gasteiger partial charge is 0.178 e. The fourth-order valence-corrected chi connectivity index (χ4v) is 0. The van der Waals surface area contributed by atoms with Crippen LogP contribution in [0.3, 0.4) is 0 Å². The maximum atomic E-state index is 6.07. The summed E-state index contributed by atoms with van der Waals surface area (Å²) in [7, 11) is 4.51. The molecule has 0 aliphatic carbocycles. The van der Waals surface area contributed by atoms with Gasteiger partial charge in [0.2, 0.25) is 0 Å². The lowest BCUT2D eigenvalue weighted by atomic mass is 10.2. The van der Waals surface area contributed by atoms with Crippen LogP contribution in [-0.4, -0.2) is 14.8 Å². The summed E-state index contributed by atoms with van der Waals surface area (Å²) in [6.07, 6.45) is 2.50. The number of halogens is 1. The second-order valence-electron chi connectivity index (χ2n) is 1.41. The van der Waals surface area contributed by atoms with E-state index in [1.54, 1.807) is 0 Å². The van der Waals surface area contributed by atoms with Crippen molar-refractivity contribution in [2.45, 2.75) is 47.3 Å². The van der Waals surface area contributed by atoms with E-state index in [2.05, 4.69) is 35.5 Å². The zero-order valence-electron chi connectivity index (χ0n) is 9.65. The summed E-state index contributed by atoms with van der Waals surface area (Å²) in [4.78, 5) is 0. The molecule has 0 unspecified atom stereocenters. The minimum Gasteiger partial charge on any atom is -0.165 e. The van der Waals surface area contributed by atoms with Crippen LogP contribution in [0.15, 0.2) is 0 Å². The highest BCUT2D eigenvalue weighted by atomic mass is 127. The summed E-state index contributed by atoms with van der Waals surface area (Å²) in [5.41, 5.74) is 1.22. The van der Waals surface area contributed by atoms with E-state index >= 15 is 0 Å². The smallest absolute Gasteiger partial charge is 0.165 e. The van der Waals surface area contributed by atoms with Gasteiger partial charge in [-0.3, -0.25) is 0 Å². The van der Waals surface area contributed by atoms with Gasteiger partial charge in [-0.05, 0) is 1.34 Å². The van der Waals surface area contributed by atoms with Crippen molar-refractivity contribution in [3.63, 3.8) is 0 Å². The van der Waals surface area contributed by atoms with Crippen molar-refractivity contribution < 1.29 is 1.37 Å². The molecule has 0 heterocycles. The maximum Gasteiger partial charge on any atom is 0.178 e. The Kier molecular flexibility index (Phi) is 127. The SMILES string of the molecule is CCC.CCC.[3H]C[B].[3H][B]I. The van der Waals surface area contributed by atoms with Gasteiger partial charge in [0.15, 0.2) is 5.67 Å². The first-order valence-corrected chi connectivity index (χ1v) is 4.70. The molecule has 0 aromatic heterocycles. The van der Waals surface area contributed by atoms with Crippen LogP contribution in [-0.2, 0) is 0 Å². The van der Waals surface area contributed by atoms with Gasteiger partial charge in [-0.25, -0.2) is 0 Å². The molecule has 0 aromatic carbocycles. The summed E-state index contributed by atoms with van der Waals surface area (Å²) in [6.45, 7) is 8.50. The van der Waals surface area contributed by atoms with Crippen LogP contribution in [0, 0.1) is 0 Å². The highest BCUT2D eigenvalue weighted by molar-refractivity contribution is 14.1. The third-order valence-corrected chi connectivity index (χ3v) is 0. The van der Waals surface area contributed by atoms with Crippen molar-refractivity contribution in [2.75, 3.05) is 0 Å². The van der Waals surface area contributed by atoms with Crippen LogP contribution in [0.2, 0.25) is 6.80 Å². The van der Waals surface area contributed by atoms with Crippen LogP contribution < -0.4 is 0 Å². The average Bonchev–Trinajstić information content (AvgIpc) is 1.92. The Bertz CT molecular complexity index is 27.4. The Labute approximate surface area is 86.0 Å². The lowest BCUT2D eigenvalue weighted by Crippen LogP contribution is -1.27. The molecule has 0 aliphatic rings. The Balaban J connectivity index is -0.0000000356. The molecule has 3 heteroatoms. The van der Waals surface area contributed by atoms with Crippen LogP contribution in [0.5, 0.6) is 0 Å². The quantitative estimate of drug-likeness (QED) is 0.461. The predicted octanol–water partition coefficient (Wildman–Crippen LogP) is 3.27. The van der Waals surface area contributed by atoms with Gasteiger partial charge in [0.1, 0.15) is 0 Å². The van der Waals surface area contributed by atoms with Crippen molar-refractivity contribution in [1.82, 2.24) is 0 Å². The maximum absolute atomic E-state index is 6.07. The Morgan fingerprint density at radius 3 is 1.40 bits per heavy atom. The van der Waals surface area contributed by atoms with Gasteiger partial charge in [-0.15, -0.1) is 0 Å². The first kappa shape index (κ1) is 13.4. The van der Waals surface area contributed by atoms with E-state index in [1.165, 1.54) is 18.5 Å². The van der Waals surface area contributed by atoms with Gasteiger partial charge in [0.05, 0.1) is 7.85 Å². The van der Waals surface area contributed by atoms with Gasteiger partial charge in [-0.2, -0.15) is 22.4 Å². The second-order valence-corrected chi connectivity index (χ2v) is 1.41. The lowest BCUT2D eigenvalue weighted by Gasteiger charge is -1.48. The normalized spacial score (nSPS) is 6.90. The van der Waals surface area contributed by atoms with Crippen LogP contribution in [0.4, 0.5) is 0 Å². The fourth-order valence-electron chi connectivity index (χ4n) is 0. The molecule has 0 saturated carbocycles. The van der Waals surface area contributed by atoms with Gasteiger partial charge in [0.25, 0.3) is 0 Å². The van der Waals surface area contributed by atoms with Crippen LogP contribution in [0.1, 0.15) is 41.9 Å². The number of rotatable bonds is 0. The molecular formula is C7H20B2I. The van der Waals surface area contributed by atoms with E-state index in [9.17, 15) is 0 Å². The minimum absolute atomic E-state index is 0. The molecule has 61 valence electrons. The summed E-state index contributed by atoms with van der Waals surface area (Å²) in [5, 5.41) is 0. The summed E-state index contributed by atoms with van der Waals surface area (Å²) in [6, 6.07) is 0. The summed E-state index contributed by atoms with van der Waals surface area (Å²) >= 11 is 1.83. The van der Waals surface area contributed by atoms with Gasteiger partial charge >= 0.3 is 0 Å². The highest BCUT2D eigenvalue weighted by Gasteiger charge is 1.36. The van der Waals surface area contributed by atoms with Crippen molar-refractivity contribution in [1.29, 1.82) is 1.34 Å². The molecule has 0 amide bonds. The van der Waals surface area contributed by atoms with Crippen molar-refractivity contribution in [3.05, 3.63) is 0 Å². The molecular weight excluding hydrogens is 233 g/mol. The molecule has 0 aromatic rings. The lowest BCUT2D eigenvalue weighted by molar-refractivity contribution is 1.09. The van der Waals surface area contributed by atoms with E-state index < -0.39 is 0 Å². The molecule has 0 saturated heterocycles. The molecule has 0 rings (SSSR count). The van der Waals surface area contributed by atoms with E-state index in [4.69, 9.17) is 2.71 Å². The number of hydrogen-bond acceptors (Lipinski definition) is 0. The molecule has 0 bridgehead atoms. The zero-order chi connectivity index (χ0) is 10.8. The highest BCUT2D eigenvalue weighted by Crippen LogP contribution is 1.56. The molecule has 10 heavy (non-hydrogen) atoms. The van der Waals surface area contributed by atoms with Gasteiger partial charge < -0.3 is 0 Å². The van der Waals surface area contributed by atoms with E-state index in [-0.39, 0.29) is 6.80 Å². The molecule has 0 N–H and O–H groups in total. The van der Waals surface area contributed by atoms with E-state index in [0.29, 0.717) is 0 Å². The van der Waals surface area contributed by atoms with Gasteiger partial charge in [0, 0.05) is 1.37 Å². The van der Waals surface area contributed by atoms with E-state index in [0.717, 1.165) is 0 Å². The predicted molar refractivity (Wildman–Crippen MR) is 64.7 cm³/mol. The third kappa shape index (κ3) is 740. The van der Waals surface area contributed by atoms with Crippen molar-refractivity contribution in [2.24, 2.45) is 0 Å². The first-order chi connectivity index (χ1) is 5.66. The summed E-state index contributed by atoms with van der Waals surface area (Å²) < 4.78 is 12.1. The number of hydrogen-bond donors (Lipinski definition) is 0. The monoisotopic (exact) mass is 257 g/mol. The standard InChI is InChI=1S/2C3H8.CH3B.BHI/c2*1-3-2;2*1-2/h2*3H2,1-2H3;1H3;1H/i;;2*1T. The molecule has 0 atom stereocenters. The summed E-state index contributed by atoms with van der Waals surface area (Å²) in [5.74, 6) is 0. The van der Waals surface area contributed by atoms with Crippen molar-refractivity contribution in [3.8, 4) is 0 Å². The molecule has 0 fully saturated rings. The Morgan fingerprint density at radius 1 is 1.40 bits per heavy atom. The van der Waals surface area contributed by atoms with Gasteiger partial charge in [-0.1, -0.05) is 47.3 Å². The second kappa shape index (κ2) is 94.6. The Hall–Kier alpha value is 0.860. The third-order valence-electron chi connectivity index (χ3n) is 0. The Morgan fingerprint density at radius 2 is 1.40 bits per heavy atom. The van der Waals surface area contributed by atoms with Crippen molar-refractivity contribution >= 4 is 35.9 Å². The van der Waals surface area contributed by atoms with Crippen LogP contribution in [0.25, 0.3) is 0 Å². The molecule has 0 aliphatic heterocycles. The fraction of sp³-hybridized carbons (Fsp3) is 1.00. The van der Waals surface area contributed by atoms with E-state index in [1.807, 2.05) is 22.4 Å². The first-order valence-electron chi connectivity index (χ1n) is 4.74. The molecule has 0 nitrogen and oxygen atoms in total.